The predicted molar refractivity (Wildman–Crippen MR) is 60.0 cm³/mol. The highest BCUT2D eigenvalue weighted by Gasteiger charge is 2.02. The van der Waals surface area contributed by atoms with Crippen molar-refractivity contribution in [3.63, 3.8) is 0 Å². The van der Waals surface area contributed by atoms with Crippen LogP contribution in [-0.4, -0.2) is 24.3 Å². The summed E-state index contributed by atoms with van der Waals surface area (Å²) >= 11 is 0. The molecule has 0 unspecified atom stereocenters. The van der Waals surface area contributed by atoms with Gasteiger partial charge in [-0.05, 0) is 32.9 Å². The van der Waals surface area contributed by atoms with Crippen LogP contribution < -0.4 is 10.5 Å². The van der Waals surface area contributed by atoms with Crippen LogP contribution in [0.25, 0.3) is 0 Å². The molecule has 1 aromatic heterocycles. The third kappa shape index (κ3) is 4.16. The van der Waals surface area contributed by atoms with Crippen LogP contribution >= 0.6 is 0 Å². The second kappa shape index (κ2) is 5.56. The van der Waals surface area contributed by atoms with Crippen LogP contribution in [0.4, 0.5) is 5.69 Å². The molecule has 0 amide bonds. The topological polar surface area (TPSA) is 57.4 Å². The van der Waals surface area contributed by atoms with Crippen LogP contribution in [-0.2, 0) is 4.74 Å². The number of aromatic nitrogens is 1. The Morgan fingerprint density at radius 2 is 2.07 bits per heavy atom. The number of nitrogens with zero attached hydrogens (tertiary/aromatic N) is 1. The van der Waals surface area contributed by atoms with Gasteiger partial charge in [0.25, 0.3) is 0 Å². The second-order valence-corrected chi connectivity index (χ2v) is 3.62. The number of anilines is 1. The van der Waals surface area contributed by atoms with Crippen molar-refractivity contribution >= 4 is 5.69 Å². The van der Waals surface area contributed by atoms with Crippen LogP contribution in [0.15, 0.2) is 12.1 Å². The highest BCUT2D eigenvalue weighted by Crippen LogP contribution is 2.17. The Hall–Kier alpha value is -1.29. The van der Waals surface area contributed by atoms with Gasteiger partial charge in [-0.2, -0.15) is 0 Å². The number of nitrogen functional groups attached to an aromatic ring is 1. The summed E-state index contributed by atoms with van der Waals surface area (Å²) in [7, 11) is 0. The smallest absolute Gasteiger partial charge is 0.237 e. The van der Waals surface area contributed by atoms with E-state index in [0.717, 1.165) is 5.69 Å². The Labute approximate surface area is 90.4 Å². The van der Waals surface area contributed by atoms with E-state index in [4.69, 9.17) is 15.2 Å². The minimum atomic E-state index is 0.219. The maximum Gasteiger partial charge on any atom is 0.237 e. The zero-order chi connectivity index (χ0) is 11.3. The summed E-state index contributed by atoms with van der Waals surface area (Å²) in [6.45, 7) is 6.89. The third-order valence-electron chi connectivity index (χ3n) is 1.80. The summed E-state index contributed by atoms with van der Waals surface area (Å²) in [6.07, 6.45) is 0.219. The minimum absolute atomic E-state index is 0.219. The van der Waals surface area contributed by atoms with Crippen LogP contribution in [0.2, 0.25) is 0 Å². The van der Waals surface area contributed by atoms with E-state index in [1.165, 1.54) is 0 Å². The van der Waals surface area contributed by atoms with Crippen molar-refractivity contribution in [1.29, 1.82) is 0 Å². The van der Waals surface area contributed by atoms with E-state index in [1.807, 2.05) is 26.8 Å². The molecule has 0 aliphatic heterocycles. The lowest BCUT2D eigenvalue weighted by Crippen LogP contribution is -2.12. The molecule has 0 aliphatic rings. The number of hydrogen-bond acceptors (Lipinski definition) is 4. The summed E-state index contributed by atoms with van der Waals surface area (Å²) in [4.78, 5) is 4.19. The van der Waals surface area contributed by atoms with E-state index >= 15 is 0 Å². The molecule has 0 fully saturated rings. The standard InChI is InChI=1S/C11H18N2O2/c1-8(2)14-6-7-15-11-10(12)5-4-9(3)13-11/h4-5,8H,6-7,12H2,1-3H3. The van der Waals surface area contributed by atoms with E-state index in [-0.39, 0.29) is 6.10 Å². The summed E-state index contributed by atoms with van der Waals surface area (Å²) in [5.74, 6) is 0.488. The number of aryl methyl sites for hydroxylation is 1. The molecular weight excluding hydrogens is 192 g/mol. The number of nitrogens with two attached hydrogens (primary N) is 1. The van der Waals surface area contributed by atoms with Gasteiger partial charge in [0, 0.05) is 5.69 Å². The zero-order valence-corrected chi connectivity index (χ0v) is 9.49. The van der Waals surface area contributed by atoms with E-state index < -0.39 is 0 Å². The van der Waals surface area contributed by atoms with Gasteiger partial charge in [-0.15, -0.1) is 0 Å². The van der Waals surface area contributed by atoms with Gasteiger partial charge in [-0.3, -0.25) is 0 Å². The summed E-state index contributed by atoms with van der Waals surface area (Å²) in [5.41, 5.74) is 7.16. The Morgan fingerprint density at radius 1 is 1.33 bits per heavy atom. The lowest BCUT2D eigenvalue weighted by Gasteiger charge is -2.10. The van der Waals surface area contributed by atoms with E-state index in [9.17, 15) is 0 Å². The quantitative estimate of drug-likeness (QED) is 0.752. The molecule has 4 heteroatoms. The molecule has 0 saturated heterocycles. The van der Waals surface area contributed by atoms with Gasteiger partial charge in [0.2, 0.25) is 5.88 Å². The molecule has 15 heavy (non-hydrogen) atoms. The predicted octanol–water partition coefficient (Wildman–Crippen LogP) is 1.78. The Balaban J connectivity index is 2.40. The largest absolute Gasteiger partial charge is 0.474 e. The average molecular weight is 210 g/mol. The maximum atomic E-state index is 5.70. The molecule has 0 radical (unpaired) electrons. The molecule has 0 spiro atoms. The van der Waals surface area contributed by atoms with Crippen molar-refractivity contribution in [3.8, 4) is 5.88 Å². The SMILES string of the molecule is Cc1ccc(N)c(OCCOC(C)C)n1. The highest BCUT2D eigenvalue weighted by molar-refractivity contribution is 5.48. The highest BCUT2D eigenvalue weighted by atomic mass is 16.5. The van der Waals surface area contributed by atoms with Crippen molar-refractivity contribution in [2.24, 2.45) is 0 Å². The van der Waals surface area contributed by atoms with Crippen LogP contribution in [0.3, 0.4) is 0 Å². The Kier molecular flexibility index (Phi) is 4.37. The zero-order valence-electron chi connectivity index (χ0n) is 9.49. The van der Waals surface area contributed by atoms with Gasteiger partial charge in [0.15, 0.2) is 0 Å². The summed E-state index contributed by atoms with van der Waals surface area (Å²) < 4.78 is 10.7. The molecule has 0 bridgehead atoms. The van der Waals surface area contributed by atoms with Gasteiger partial charge in [-0.1, -0.05) is 0 Å². The molecular formula is C11H18N2O2. The molecule has 0 saturated carbocycles. The molecule has 1 aromatic rings. The molecule has 84 valence electrons. The fourth-order valence-electron chi connectivity index (χ4n) is 1.08. The Bertz CT molecular complexity index is 313. The lowest BCUT2D eigenvalue weighted by atomic mass is 10.3. The lowest BCUT2D eigenvalue weighted by molar-refractivity contribution is 0.0544. The van der Waals surface area contributed by atoms with Gasteiger partial charge in [-0.25, -0.2) is 4.98 Å². The minimum Gasteiger partial charge on any atom is -0.474 e. The molecule has 0 atom stereocenters. The van der Waals surface area contributed by atoms with Crippen molar-refractivity contribution in [3.05, 3.63) is 17.8 Å². The van der Waals surface area contributed by atoms with Gasteiger partial charge < -0.3 is 15.2 Å². The van der Waals surface area contributed by atoms with Crippen LogP contribution in [0.1, 0.15) is 19.5 Å². The van der Waals surface area contributed by atoms with Crippen molar-refractivity contribution < 1.29 is 9.47 Å². The third-order valence-corrected chi connectivity index (χ3v) is 1.80. The fourth-order valence-corrected chi connectivity index (χ4v) is 1.08. The monoisotopic (exact) mass is 210 g/mol. The van der Waals surface area contributed by atoms with Gasteiger partial charge in [0.1, 0.15) is 6.61 Å². The normalized spacial score (nSPS) is 10.7. The first-order valence-electron chi connectivity index (χ1n) is 5.07. The molecule has 1 rings (SSSR count). The number of ether oxygens (including phenoxy) is 2. The Morgan fingerprint density at radius 3 is 2.73 bits per heavy atom. The molecule has 0 aliphatic carbocycles. The van der Waals surface area contributed by atoms with Gasteiger partial charge in [0.05, 0.1) is 18.4 Å². The average Bonchev–Trinajstić information content (AvgIpc) is 2.17. The first-order chi connectivity index (χ1) is 7.09. The molecule has 2 N–H and O–H groups in total. The fraction of sp³-hybridized carbons (Fsp3) is 0.545. The first-order valence-corrected chi connectivity index (χ1v) is 5.07. The van der Waals surface area contributed by atoms with Crippen molar-refractivity contribution in [2.45, 2.75) is 26.9 Å². The number of hydrogen-bond donors (Lipinski definition) is 1. The molecule has 4 nitrogen and oxygen atoms in total. The van der Waals surface area contributed by atoms with Gasteiger partial charge >= 0.3 is 0 Å². The van der Waals surface area contributed by atoms with Crippen LogP contribution in [0, 0.1) is 6.92 Å². The summed E-state index contributed by atoms with van der Waals surface area (Å²) in [5, 5.41) is 0. The van der Waals surface area contributed by atoms with Crippen molar-refractivity contribution in [2.75, 3.05) is 18.9 Å². The van der Waals surface area contributed by atoms with Crippen molar-refractivity contribution in [1.82, 2.24) is 4.98 Å². The van der Waals surface area contributed by atoms with E-state index in [0.29, 0.717) is 24.8 Å². The second-order valence-electron chi connectivity index (χ2n) is 3.62. The molecule has 1 heterocycles. The van der Waals surface area contributed by atoms with E-state index in [1.54, 1.807) is 6.07 Å². The number of rotatable bonds is 5. The van der Waals surface area contributed by atoms with Crippen LogP contribution in [0.5, 0.6) is 5.88 Å². The first kappa shape index (κ1) is 11.8. The molecule has 0 aromatic carbocycles. The maximum absolute atomic E-state index is 5.70. The number of pyridine rings is 1. The summed E-state index contributed by atoms with van der Waals surface area (Å²) in [6, 6.07) is 3.65. The van der Waals surface area contributed by atoms with E-state index in [2.05, 4.69) is 4.98 Å².